The molecule has 0 atom stereocenters. The van der Waals surface area contributed by atoms with E-state index in [4.69, 9.17) is 16.0 Å². The molecule has 0 saturated carbocycles. The summed E-state index contributed by atoms with van der Waals surface area (Å²) in [5.74, 6) is 1.02. The number of aryl methyl sites for hydroxylation is 1. The molecule has 0 aliphatic heterocycles. The summed E-state index contributed by atoms with van der Waals surface area (Å²) in [6.07, 6.45) is 0. The Morgan fingerprint density at radius 1 is 1.36 bits per heavy atom. The van der Waals surface area contributed by atoms with Crippen molar-refractivity contribution in [2.75, 3.05) is 0 Å². The van der Waals surface area contributed by atoms with Crippen LogP contribution in [0.15, 0.2) is 27.1 Å². The molecule has 0 fully saturated rings. The second-order valence-electron chi connectivity index (χ2n) is 2.76. The highest BCUT2D eigenvalue weighted by Crippen LogP contribution is 2.27. The van der Waals surface area contributed by atoms with Crippen molar-refractivity contribution in [1.82, 2.24) is 10.2 Å². The van der Waals surface area contributed by atoms with Crippen LogP contribution in [0.25, 0.3) is 11.5 Å². The Balaban J connectivity index is 2.47. The van der Waals surface area contributed by atoms with E-state index >= 15 is 0 Å². The van der Waals surface area contributed by atoms with E-state index in [2.05, 4.69) is 26.1 Å². The Labute approximate surface area is 94.2 Å². The zero-order chi connectivity index (χ0) is 10.1. The van der Waals surface area contributed by atoms with Crippen LogP contribution in [0.1, 0.15) is 5.89 Å². The maximum atomic E-state index is 5.93. The molecule has 0 amide bonds. The molecule has 0 aliphatic carbocycles. The summed E-state index contributed by atoms with van der Waals surface area (Å²) in [6.45, 7) is 1.75. The zero-order valence-electron chi connectivity index (χ0n) is 7.29. The summed E-state index contributed by atoms with van der Waals surface area (Å²) < 4.78 is 6.11. The van der Waals surface area contributed by atoms with Crippen molar-refractivity contribution in [2.45, 2.75) is 6.92 Å². The first-order valence-electron chi connectivity index (χ1n) is 3.92. The van der Waals surface area contributed by atoms with Crippen molar-refractivity contribution in [2.24, 2.45) is 0 Å². The second-order valence-corrected chi connectivity index (χ2v) is 4.02. The van der Waals surface area contributed by atoms with Crippen LogP contribution in [-0.2, 0) is 0 Å². The Morgan fingerprint density at radius 2 is 2.14 bits per heavy atom. The normalized spacial score (nSPS) is 10.5. The van der Waals surface area contributed by atoms with E-state index in [1.807, 2.05) is 12.1 Å². The molecule has 14 heavy (non-hydrogen) atoms. The molecule has 0 spiro atoms. The lowest BCUT2D eigenvalue weighted by Crippen LogP contribution is -1.78. The van der Waals surface area contributed by atoms with Gasteiger partial charge in [0.15, 0.2) is 0 Å². The molecule has 5 heteroatoms. The minimum absolute atomic E-state index is 0.483. The van der Waals surface area contributed by atoms with Gasteiger partial charge in [-0.1, -0.05) is 11.6 Å². The van der Waals surface area contributed by atoms with Crippen molar-refractivity contribution < 1.29 is 4.42 Å². The van der Waals surface area contributed by atoms with Gasteiger partial charge in [-0.15, -0.1) is 10.2 Å². The third-order valence-electron chi connectivity index (χ3n) is 1.69. The highest BCUT2D eigenvalue weighted by atomic mass is 79.9. The summed E-state index contributed by atoms with van der Waals surface area (Å²) in [6, 6.07) is 5.48. The fourth-order valence-corrected chi connectivity index (χ4v) is 1.47. The molecule has 0 aliphatic rings. The lowest BCUT2D eigenvalue weighted by Gasteiger charge is -1.97. The van der Waals surface area contributed by atoms with Crippen LogP contribution in [0.2, 0.25) is 5.02 Å². The largest absolute Gasteiger partial charge is 0.421 e. The first-order chi connectivity index (χ1) is 6.66. The quantitative estimate of drug-likeness (QED) is 0.798. The number of nitrogens with zero attached hydrogens (tertiary/aromatic N) is 2. The van der Waals surface area contributed by atoms with Gasteiger partial charge in [0, 0.05) is 17.0 Å². The minimum Gasteiger partial charge on any atom is -0.421 e. The zero-order valence-corrected chi connectivity index (χ0v) is 9.63. The molecule has 72 valence electrons. The molecule has 0 saturated heterocycles. The van der Waals surface area contributed by atoms with Crippen molar-refractivity contribution >= 4 is 27.5 Å². The molecule has 0 bridgehead atoms. The van der Waals surface area contributed by atoms with Gasteiger partial charge in [0.05, 0.1) is 5.02 Å². The average Bonchev–Trinajstić information content (AvgIpc) is 2.57. The summed E-state index contributed by atoms with van der Waals surface area (Å²) >= 11 is 9.24. The van der Waals surface area contributed by atoms with Gasteiger partial charge in [0.25, 0.3) is 0 Å². The number of hydrogen-bond acceptors (Lipinski definition) is 3. The third-order valence-corrected chi connectivity index (χ3v) is 2.93. The fourth-order valence-electron chi connectivity index (χ4n) is 1.04. The van der Waals surface area contributed by atoms with E-state index in [0.717, 1.165) is 10.0 Å². The van der Waals surface area contributed by atoms with Gasteiger partial charge in [0.1, 0.15) is 0 Å². The molecule has 2 aromatic rings. The molecule has 1 aromatic heterocycles. The van der Waals surface area contributed by atoms with Gasteiger partial charge < -0.3 is 4.42 Å². The molecule has 3 nitrogen and oxygen atoms in total. The molecule has 0 N–H and O–H groups in total. The molecular formula is C9H6BrClN2O. The molecule has 1 aromatic carbocycles. The predicted octanol–water partition coefficient (Wildman–Crippen LogP) is 3.46. The summed E-state index contributed by atoms with van der Waals surface area (Å²) in [5, 5.41) is 8.26. The van der Waals surface area contributed by atoms with Crippen molar-refractivity contribution in [3.8, 4) is 11.5 Å². The highest BCUT2D eigenvalue weighted by Gasteiger charge is 2.07. The predicted molar refractivity (Wildman–Crippen MR) is 57.2 cm³/mol. The lowest BCUT2D eigenvalue weighted by atomic mass is 10.2. The topological polar surface area (TPSA) is 38.9 Å². The molecule has 0 unspecified atom stereocenters. The fraction of sp³-hybridized carbons (Fsp3) is 0.111. The number of aromatic nitrogens is 2. The van der Waals surface area contributed by atoms with E-state index in [0.29, 0.717) is 16.8 Å². The number of rotatable bonds is 1. The van der Waals surface area contributed by atoms with Gasteiger partial charge in [-0.05, 0) is 34.1 Å². The molecular weight excluding hydrogens is 267 g/mol. The van der Waals surface area contributed by atoms with Crippen LogP contribution in [-0.4, -0.2) is 10.2 Å². The van der Waals surface area contributed by atoms with Crippen molar-refractivity contribution in [3.63, 3.8) is 0 Å². The monoisotopic (exact) mass is 272 g/mol. The van der Waals surface area contributed by atoms with Gasteiger partial charge in [-0.3, -0.25) is 0 Å². The van der Waals surface area contributed by atoms with Crippen LogP contribution >= 0.6 is 27.5 Å². The highest BCUT2D eigenvalue weighted by molar-refractivity contribution is 9.10. The Kier molecular flexibility index (Phi) is 2.56. The Bertz CT molecular complexity index is 470. The Hall–Kier alpha value is -0.870. The van der Waals surface area contributed by atoms with Crippen LogP contribution < -0.4 is 0 Å². The van der Waals surface area contributed by atoms with Crippen LogP contribution in [0.5, 0.6) is 0 Å². The van der Waals surface area contributed by atoms with E-state index in [-0.39, 0.29) is 0 Å². The second kappa shape index (κ2) is 3.71. The van der Waals surface area contributed by atoms with Crippen LogP contribution in [0.3, 0.4) is 0 Å². The number of benzene rings is 1. The minimum atomic E-state index is 0.483. The summed E-state index contributed by atoms with van der Waals surface area (Å²) in [5.41, 5.74) is 0.818. The molecule has 1 heterocycles. The van der Waals surface area contributed by atoms with Crippen LogP contribution in [0.4, 0.5) is 0 Å². The smallest absolute Gasteiger partial charge is 0.247 e. The van der Waals surface area contributed by atoms with E-state index < -0.39 is 0 Å². The van der Waals surface area contributed by atoms with Gasteiger partial charge in [-0.2, -0.15) is 0 Å². The summed E-state index contributed by atoms with van der Waals surface area (Å²) in [7, 11) is 0. The maximum Gasteiger partial charge on any atom is 0.247 e. The standard InChI is InChI=1S/C9H6BrClN2O/c1-5-12-13-9(14-5)6-2-3-7(10)8(11)4-6/h2-4H,1H3. The van der Waals surface area contributed by atoms with Gasteiger partial charge in [0.2, 0.25) is 11.8 Å². The maximum absolute atomic E-state index is 5.93. The van der Waals surface area contributed by atoms with E-state index in [1.165, 1.54) is 0 Å². The number of halogens is 2. The van der Waals surface area contributed by atoms with E-state index in [9.17, 15) is 0 Å². The average molecular weight is 274 g/mol. The lowest BCUT2D eigenvalue weighted by molar-refractivity contribution is 0.533. The van der Waals surface area contributed by atoms with Gasteiger partial charge in [-0.25, -0.2) is 0 Å². The van der Waals surface area contributed by atoms with Gasteiger partial charge >= 0.3 is 0 Å². The molecule has 2 rings (SSSR count). The van der Waals surface area contributed by atoms with E-state index in [1.54, 1.807) is 13.0 Å². The van der Waals surface area contributed by atoms with Crippen molar-refractivity contribution in [1.29, 1.82) is 0 Å². The van der Waals surface area contributed by atoms with Crippen molar-refractivity contribution in [3.05, 3.63) is 33.6 Å². The van der Waals surface area contributed by atoms with Crippen LogP contribution in [0, 0.1) is 6.92 Å². The Morgan fingerprint density at radius 3 is 2.71 bits per heavy atom. The third kappa shape index (κ3) is 1.81. The first-order valence-corrected chi connectivity index (χ1v) is 5.09. The molecule has 0 radical (unpaired) electrons. The SMILES string of the molecule is Cc1nnc(-c2ccc(Br)c(Cl)c2)o1. The number of hydrogen-bond donors (Lipinski definition) is 0. The first kappa shape index (κ1) is 9.68. The summed E-state index contributed by atoms with van der Waals surface area (Å²) in [4.78, 5) is 0.